The summed E-state index contributed by atoms with van der Waals surface area (Å²) in [6.07, 6.45) is -0.308. The molecule has 2 N–H and O–H groups in total. The number of alkyl halides is 2. The minimum absolute atomic E-state index is 0.0381. The summed E-state index contributed by atoms with van der Waals surface area (Å²) in [5.41, 5.74) is 8.35. The van der Waals surface area contributed by atoms with E-state index in [1.165, 1.54) is 18.3 Å². The van der Waals surface area contributed by atoms with Crippen LogP contribution in [-0.2, 0) is 4.74 Å². The third kappa shape index (κ3) is 6.29. The summed E-state index contributed by atoms with van der Waals surface area (Å²) in [4.78, 5) is 16.9. The number of nitrogens with two attached hydrogens (primary N) is 1. The Balaban J connectivity index is 1.34. The third-order valence-electron chi connectivity index (χ3n) is 12.7. The monoisotopic (exact) mass is 794 g/mol. The van der Waals surface area contributed by atoms with Gasteiger partial charge in [-0.05, 0) is 59.6 Å². The summed E-state index contributed by atoms with van der Waals surface area (Å²) in [5, 5.41) is 0.388. The van der Waals surface area contributed by atoms with Gasteiger partial charge in [0.2, 0.25) is 0 Å². The maximum atomic E-state index is 17.5. The number of nitrogen functional groups attached to an aromatic ring is 1. The largest absolute Gasteiger partial charge is 0.461 e. The first-order valence-electron chi connectivity index (χ1n) is 20.6. The number of benzene rings is 2. The summed E-state index contributed by atoms with van der Waals surface area (Å²) in [6.45, 7) is 11.3. The lowest BCUT2D eigenvalue weighted by Crippen LogP contribution is -2.43. The van der Waals surface area contributed by atoms with Gasteiger partial charge in [-0.1, -0.05) is 47.5 Å². The molecular formula is C42H49F5N6O2Si. The Hall–Kier alpha value is -4.06. The molecule has 1 aliphatic carbocycles. The average Bonchev–Trinajstić information content (AvgIpc) is 3.50. The quantitative estimate of drug-likeness (QED) is 0.0823. The van der Waals surface area contributed by atoms with E-state index in [0.29, 0.717) is 19.4 Å². The summed E-state index contributed by atoms with van der Waals surface area (Å²) in [5.74, 6) is -0.645. The lowest BCUT2D eigenvalue weighted by molar-refractivity contribution is 0.107. The highest BCUT2D eigenvalue weighted by atomic mass is 28.3. The number of hydrogen-bond acceptors (Lipinski definition) is 8. The highest BCUT2D eigenvalue weighted by Gasteiger charge is 2.56. The summed E-state index contributed by atoms with van der Waals surface area (Å²) in [6, 6.07) is 2.72. The van der Waals surface area contributed by atoms with Crippen molar-refractivity contribution >= 4 is 41.3 Å². The van der Waals surface area contributed by atoms with E-state index in [2.05, 4.69) is 68.0 Å². The van der Waals surface area contributed by atoms with Crippen LogP contribution in [0.2, 0.25) is 16.6 Å². The molecule has 0 spiro atoms. The van der Waals surface area contributed by atoms with Gasteiger partial charge >= 0.3 is 6.01 Å². The maximum absolute atomic E-state index is 17.5. The number of hydrogen-bond donors (Lipinski definition) is 1. The van der Waals surface area contributed by atoms with Crippen LogP contribution in [-0.4, -0.2) is 91.3 Å². The Labute approximate surface area is 328 Å². The number of ether oxygens (including phenoxy) is 2. The molecule has 1 saturated carbocycles. The number of anilines is 2. The molecule has 0 radical (unpaired) electrons. The molecule has 4 aromatic rings. The lowest BCUT2D eigenvalue weighted by atomic mass is 9.95. The first kappa shape index (κ1) is 36.3. The smallest absolute Gasteiger partial charge is 0.319 e. The standard InChI is InChI=1S/C42H49F5N6O2Si/c1-22(2)56(23(3)4,24(5)6)13-8-28-33-25(15-32(44)34(28)45)14-27(48)16-29(33)37-36(47)38-30(18-49-37)40(53-11-12-54-20-31-35(46)39(31)53)51-41(50-38)55-21-42-9-7-10-52(42)19-26(43)17-42/h14-16,18,22-24,26,31,35,39H,7,9-12,17,19-21,48H2,1-6H3/t26-,31+,35+,39+,42+/m1/s1/i21D2. The lowest BCUT2D eigenvalue weighted by Gasteiger charge is -2.38. The van der Waals surface area contributed by atoms with Gasteiger partial charge in [-0.2, -0.15) is 9.97 Å². The van der Waals surface area contributed by atoms with Crippen LogP contribution in [0.1, 0.15) is 69.1 Å². The maximum Gasteiger partial charge on any atom is 0.319 e. The minimum atomic E-state index is -2.51. The molecule has 8 nitrogen and oxygen atoms in total. The van der Waals surface area contributed by atoms with Crippen LogP contribution in [0.3, 0.4) is 0 Å². The molecule has 5 atom stereocenters. The molecule has 298 valence electrons. The van der Waals surface area contributed by atoms with E-state index in [1.54, 1.807) is 9.80 Å². The Kier molecular flexibility index (Phi) is 9.33. The Morgan fingerprint density at radius 3 is 2.54 bits per heavy atom. The fraction of sp³-hybridized carbons (Fsp3) is 0.548. The molecule has 56 heavy (non-hydrogen) atoms. The molecule has 2 aromatic carbocycles. The number of nitrogens with zero attached hydrogens (tertiary/aromatic N) is 5. The van der Waals surface area contributed by atoms with Gasteiger partial charge in [-0.3, -0.25) is 9.88 Å². The van der Waals surface area contributed by atoms with Crippen LogP contribution in [0.15, 0.2) is 24.4 Å². The van der Waals surface area contributed by atoms with E-state index >= 15 is 17.6 Å². The number of pyridine rings is 1. The summed E-state index contributed by atoms with van der Waals surface area (Å²) >= 11 is 0. The van der Waals surface area contributed by atoms with Crippen LogP contribution >= 0.6 is 0 Å². The van der Waals surface area contributed by atoms with Crippen molar-refractivity contribution in [2.24, 2.45) is 5.92 Å². The van der Waals surface area contributed by atoms with Gasteiger partial charge < -0.3 is 20.1 Å². The topological polar surface area (TPSA) is 89.6 Å². The SMILES string of the molecule is [2H]C([2H])(Oc1nc(N2CCOC[C@H]3[C@H](F)[C@H]32)c2cnc(-c3cc(N)cc4cc(F)c(F)c(C#C[Si](C(C)C)(C(C)C)C(C)C)c34)c(F)c2n1)[C@@]12CCCN1C[C@H](F)C2. The molecular weight excluding hydrogens is 744 g/mol. The number of rotatable bonds is 8. The molecule has 0 amide bonds. The van der Waals surface area contributed by atoms with Gasteiger partial charge in [-0.25, -0.2) is 22.0 Å². The second-order valence-corrected chi connectivity index (χ2v) is 22.4. The van der Waals surface area contributed by atoms with Crippen molar-refractivity contribution < 1.29 is 34.2 Å². The first-order valence-corrected chi connectivity index (χ1v) is 21.8. The highest BCUT2D eigenvalue weighted by Crippen LogP contribution is 2.46. The van der Waals surface area contributed by atoms with Crippen LogP contribution in [0, 0.1) is 34.8 Å². The van der Waals surface area contributed by atoms with Crippen molar-refractivity contribution in [3.63, 3.8) is 0 Å². The molecule has 0 bridgehead atoms. The fourth-order valence-corrected chi connectivity index (χ4v) is 15.2. The van der Waals surface area contributed by atoms with Crippen LogP contribution in [0.4, 0.5) is 33.5 Å². The molecule has 2 aromatic heterocycles. The normalized spacial score (nSPS) is 26.0. The Morgan fingerprint density at radius 2 is 1.80 bits per heavy atom. The average molecular weight is 795 g/mol. The van der Waals surface area contributed by atoms with Gasteiger partial charge in [-0.15, -0.1) is 5.54 Å². The van der Waals surface area contributed by atoms with Crippen molar-refractivity contribution in [1.29, 1.82) is 0 Å². The van der Waals surface area contributed by atoms with E-state index in [4.69, 9.17) is 17.9 Å². The van der Waals surface area contributed by atoms with E-state index in [0.717, 1.165) is 6.07 Å². The van der Waals surface area contributed by atoms with Crippen molar-refractivity contribution in [3.05, 3.63) is 47.4 Å². The van der Waals surface area contributed by atoms with Gasteiger partial charge in [0.25, 0.3) is 0 Å². The zero-order valence-electron chi connectivity index (χ0n) is 34.5. The second-order valence-electron chi connectivity index (χ2n) is 16.8. The third-order valence-corrected chi connectivity index (χ3v) is 19.0. The molecule has 4 aliphatic rings. The van der Waals surface area contributed by atoms with Crippen molar-refractivity contribution in [2.45, 2.75) is 101 Å². The van der Waals surface area contributed by atoms with Gasteiger partial charge in [0.15, 0.2) is 17.5 Å². The van der Waals surface area contributed by atoms with Crippen LogP contribution < -0.4 is 15.4 Å². The molecule has 14 heteroatoms. The predicted molar refractivity (Wildman–Crippen MR) is 211 cm³/mol. The number of fused-ring (bicyclic) bond motifs is 4. The second kappa shape index (κ2) is 14.4. The van der Waals surface area contributed by atoms with Gasteiger partial charge in [0, 0.05) is 48.3 Å². The molecule has 3 aliphatic heterocycles. The van der Waals surface area contributed by atoms with E-state index < -0.39 is 67.9 Å². The van der Waals surface area contributed by atoms with Crippen molar-refractivity contribution in [1.82, 2.24) is 19.9 Å². The first-order chi connectivity index (χ1) is 27.4. The fourth-order valence-electron chi connectivity index (χ4n) is 9.98. The molecule has 4 fully saturated rings. The van der Waals surface area contributed by atoms with Gasteiger partial charge in [0.1, 0.15) is 44.0 Å². The number of halogens is 5. The van der Waals surface area contributed by atoms with Crippen molar-refractivity contribution in [3.8, 4) is 28.7 Å². The van der Waals surface area contributed by atoms with Crippen LogP contribution in [0.25, 0.3) is 32.9 Å². The van der Waals surface area contributed by atoms with Gasteiger partial charge in [0.05, 0.1) is 38.5 Å². The van der Waals surface area contributed by atoms with E-state index in [9.17, 15) is 4.39 Å². The molecule has 8 rings (SSSR count). The minimum Gasteiger partial charge on any atom is -0.461 e. The summed E-state index contributed by atoms with van der Waals surface area (Å²) in [7, 11) is -2.47. The molecule has 3 saturated heterocycles. The zero-order valence-corrected chi connectivity index (χ0v) is 33.5. The highest BCUT2D eigenvalue weighted by molar-refractivity contribution is 6.90. The molecule has 0 unspecified atom stereocenters. The van der Waals surface area contributed by atoms with Crippen LogP contribution in [0.5, 0.6) is 6.01 Å². The van der Waals surface area contributed by atoms with E-state index in [-0.39, 0.29) is 99.3 Å². The Morgan fingerprint density at radius 1 is 1.05 bits per heavy atom. The number of aromatic nitrogens is 3. The van der Waals surface area contributed by atoms with E-state index in [1.807, 2.05) is 0 Å². The predicted octanol–water partition coefficient (Wildman–Crippen LogP) is 8.54. The zero-order chi connectivity index (χ0) is 41.6. The van der Waals surface area contributed by atoms with Crippen molar-refractivity contribution in [2.75, 3.05) is 50.0 Å². The molecule has 5 heterocycles. The Bertz CT molecular complexity index is 2340. The summed E-state index contributed by atoms with van der Waals surface area (Å²) < 4.78 is 109.